The predicted octanol–water partition coefficient (Wildman–Crippen LogP) is 5.18. The molecule has 0 saturated heterocycles. The summed E-state index contributed by atoms with van der Waals surface area (Å²) in [5.74, 6) is 0. The van der Waals surface area contributed by atoms with Crippen LogP contribution in [0.3, 0.4) is 0 Å². The van der Waals surface area contributed by atoms with Gasteiger partial charge >= 0.3 is 0 Å². The molecule has 1 aromatic rings. The summed E-state index contributed by atoms with van der Waals surface area (Å²) in [5, 5.41) is 0. The van der Waals surface area contributed by atoms with E-state index >= 15 is 0 Å². The largest absolute Gasteiger partial charge is 0.0654 e. The van der Waals surface area contributed by atoms with Crippen molar-refractivity contribution < 1.29 is 0 Å². The quantitative estimate of drug-likeness (QED) is 0.653. The molecule has 0 radical (unpaired) electrons. The molecule has 0 aliphatic heterocycles. The Morgan fingerprint density at radius 3 is 1.94 bits per heavy atom. The highest BCUT2D eigenvalue weighted by Gasteiger charge is 2.37. The van der Waals surface area contributed by atoms with Crippen LogP contribution in [0.4, 0.5) is 0 Å². The number of unbranched alkanes of at least 4 members (excludes halogenated alkanes) is 1. The molecular weight excluding hydrogens is 192 g/mol. The van der Waals surface area contributed by atoms with Gasteiger partial charge in [0.25, 0.3) is 0 Å². The highest BCUT2D eigenvalue weighted by atomic mass is 14.4. The minimum absolute atomic E-state index is 0.282. The molecule has 0 aliphatic rings. The lowest BCUT2D eigenvalue weighted by Crippen LogP contribution is -2.37. The smallest absolute Gasteiger partial charge is 0.00268 e. The Hall–Kier alpha value is -0.780. The van der Waals surface area contributed by atoms with Crippen molar-refractivity contribution in [2.45, 2.75) is 59.3 Å². The number of hydrogen-bond acceptors (Lipinski definition) is 0. The van der Waals surface area contributed by atoms with E-state index in [0.29, 0.717) is 5.41 Å². The van der Waals surface area contributed by atoms with E-state index in [9.17, 15) is 0 Å². The van der Waals surface area contributed by atoms with Crippen LogP contribution in [0.2, 0.25) is 0 Å². The van der Waals surface area contributed by atoms with Crippen LogP contribution in [0, 0.1) is 5.41 Å². The summed E-state index contributed by atoms with van der Waals surface area (Å²) in [6, 6.07) is 11.0. The second-order valence-corrected chi connectivity index (χ2v) is 6.05. The third kappa shape index (κ3) is 2.66. The van der Waals surface area contributed by atoms with Crippen molar-refractivity contribution >= 4 is 0 Å². The van der Waals surface area contributed by atoms with E-state index in [0.717, 1.165) is 0 Å². The molecule has 0 spiro atoms. The monoisotopic (exact) mass is 218 g/mol. The Morgan fingerprint density at radius 2 is 1.50 bits per heavy atom. The van der Waals surface area contributed by atoms with Crippen molar-refractivity contribution in [3.05, 3.63) is 35.9 Å². The van der Waals surface area contributed by atoms with Gasteiger partial charge in [0.2, 0.25) is 0 Å². The maximum absolute atomic E-state index is 2.41. The summed E-state index contributed by atoms with van der Waals surface area (Å²) in [6.45, 7) is 11.8. The van der Waals surface area contributed by atoms with Crippen LogP contribution in [0.5, 0.6) is 0 Å². The molecule has 1 rings (SSSR count). The maximum atomic E-state index is 2.41. The third-order valence-electron chi connectivity index (χ3n) is 4.10. The van der Waals surface area contributed by atoms with Gasteiger partial charge in [-0.25, -0.2) is 0 Å². The van der Waals surface area contributed by atoms with Crippen LogP contribution in [0.1, 0.15) is 59.4 Å². The fraction of sp³-hybridized carbons (Fsp3) is 0.625. The van der Waals surface area contributed by atoms with Crippen LogP contribution in [-0.2, 0) is 5.41 Å². The lowest BCUT2D eigenvalue weighted by Gasteiger charge is -2.43. The first-order chi connectivity index (χ1) is 7.42. The highest BCUT2D eigenvalue weighted by Crippen LogP contribution is 2.44. The molecule has 0 unspecified atom stereocenters. The molecule has 0 fully saturated rings. The first-order valence-corrected chi connectivity index (χ1v) is 6.47. The van der Waals surface area contributed by atoms with Crippen molar-refractivity contribution in [2.75, 3.05) is 0 Å². The Labute approximate surface area is 101 Å². The summed E-state index contributed by atoms with van der Waals surface area (Å²) < 4.78 is 0. The fourth-order valence-electron chi connectivity index (χ4n) is 2.29. The van der Waals surface area contributed by atoms with Gasteiger partial charge in [-0.1, -0.05) is 77.8 Å². The molecule has 16 heavy (non-hydrogen) atoms. The first-order valence-electron chi connectivity index (χ1n) is 6.47. The molecule has 0 N–H and O–H groups in total. The average Bonchev–Trinajstić information content (AvgIpc) is 2.25. The molecule has 0 amide bonds. The Morgan fingerprint density at radius 1 is 0.938 bits per heavy atom. The molecule has 0 bridgehead atoms. The van der Waals surface area contributed by atoms with E-state index in [1.807, 2.05) is 0 Å². The SMILES string of the molecule is CCCC[C@](C)(c1ccccc1)C(C)(C)C. The van der Waals surface area contributed by atoms with Gasteiger partial charge in [-0.2, -0.15) is 0 Å². The molecule has 1 atom stereocenters. The summed E-state index contributed by atoms with van der Waals surface area (Å²) in [7, 11) is 0. The van der Waals surface area contributed by atoms with Gasteiger partial charge < -0.3 is 0 Å². The van der Waals surface area contributed by atoms with Crippen molar-refractivity contribution in [3.8, 4) is 0 Å². The summed E-state index contributed by atoms with van der Waals surface area (Å²) in [6.07, 6.45) is 3.86. The van der Waals surface area contributed by atoms with Gasteiger partial charge in [-0.05, 0) is 22.8 Å². The second-order valence-electron chi connectivity index (χ2n) is 6.05. The summed E-state index contributed by atoms with van der Waals surface area (Å²) >= 11 is 0. The zero-order chi connectivity index (χ0) is 12.2. The molecular formula is C16H26. The van der Waals surface area contributed by atoms with Crippen molar-refractivity contribution in [1.82, 2.24) is 0 Å². The zero-order valence-electron chi connectivity index (χ0n) is 11.5. The third-order valence-corrected chi connectivity index (χ3v) is 4.10. The normalized spacial score (nSPS) is 15.8. The van der Waals surface area contributed by atoms with Crippen LogP contribution in [-0.4, -0.2) is 0 Å². The van der Waals surface area contributed by atoms with Gasteiger partial charge in [0.15, 0.2) is 0 Å². The molecule has 0 aliphatic carbocycles. The minimum Gasteiger partial charge on any atom is -0.0654 e. The Balaban J connectivity index is 3.05. The van der Waals surface area contributed by atoms with E-state index in [1.165, 1.54) is 24.8 Å². The first kappa shape index (κ1) is 13.3. The molecule has 1 aromatic carbocycles. The van der Waals surface area contributed by atoms with E-state index in [2.05, 4.69) is 65.0 Å². The molecule has 0 heteroatoms. The van der Waals surface area contributed by atoms with E-state index in [1.54, 1.807) is 0 Å². The maximum Gasteiger partial charge on any atom is -0.00268 e. The van der Waals surface area contributed by atoms with Crippen LogP contribution in [0.15, 0.2) is 30.3 Å². The summed E-state index contributed by atoms with van der Waals surface area (Å²) in [5.41, 5.74) is 2.07. The van der Waals surface area contributed by atoms with Crippen molar-refractivity contribution in [2.24, 2.45) is 5.41 Å². The van der Waals surface area contributed by atoms with Gasteiger partial charge in [-0.15, -0.1) is 0 Å². The van der Waals surface area contributed by atoms with E-state index in [4.69, 9.17) is 0 Å². The predicted molar refractivity (Wildman–Crippen MR) is 72.8 cm³/mol. The average molecular weight is 218 g/mol. The highest BCUT2D eigenvalue weighted by molar-refractivity contribution is 5.26. The lowest BCUT2D eigenvalue weighted by atomic mass is 9.61. The van der Waals surface area contributed by atoms with Crippen LogP contribution < -0.4 is 0 Å². The second kappa shape index (κ2) is 5.03. The molecule has 0 aromatic heterocycles. The Bertz CT molecular complexity index is 305. The van der Waals surface area contributed by atoms with Gasteiger partial charge in [-0.3, -0.25) is 0 Å². The Kier molecular flexibility index (Phi) is 4.18. The molecule has 0 heterocycles. The lowest BCUT2D eigenvalue weighted by molar-refractivity contribution is 0.185. The van der Waals surface area contributed by atoms with E-state index in [-0.39, 0.29) is 5.41 Å². The number of rotatable bonds is 4. The molecule has 0 saturated carbocycles. The fourth-order valence-corrected chi connectivity index (χ4v) is 2.29. The van der Waals surface area contributed by atoms with Crippen LogP contribution >= 0.6 is 0 Å². The topological polar surface area (TPSA) is 0 Å². The summed E-state index contributed by atoms with van der Waals surface area (Å²) in [4.78, 5) is 0. The van der Waals surface area contributed by atoms with Gasteiger partial charge in [0.1, 0.15) is 0 Å². The van der Waals surface area contributed by atoms with Crippen LogP contribution in [0.25, 0.3) is 0 Å². The molecule has 90 valence electrons. The minimum atomic E-state index is 0.282. The van der Waals surface area contributed by atoms with E-state index < -0.39 is 0 Å². The molecule has 0 nitrogen and oxygen atoms in total. The van der Waals surface area contributed by atoms with Gasteiger partial charge in [0.05, 0.1) is 0 Å². The standard InChI is InChI=1S/C16H26/c1-6-7-13-16(5,15(2,3)4)14-11-9-8-10-12-14/h8-12H,6-7,13H2,1-5H3/t16-/m1/s1. The number of benzene rings is 1. The number of hydrogen-bond donors (Lipinski definition) is 0. The van der Waals surface area contributed by atoms with Gasteiger partial charge in [0, 0.05) is 0 Å². The zero-order valence-corrected chi connectivity index (χ0v) is 11.5. The van der Waals surface area contributed by atoms with Crippen molar-refractivity contribution in [1.29, 1.82) is 0 Å². The van der Waals surface area contributed by atoms with Crippen molar-refractivity contribution in [3.63, 3.8) is 0 Å².